The van der Waals surface area contributed by atoms with Gasteiger partial charge in [-0.1, -0.05) is 13.8 Å². The number of amides is 2. The SMILES string of the molecule is CC(C)CCS(=O)(=O)[C@@H]1C[C@H]2CN(c3ccc(OC(F)(F)F)cc3)C(=O)N2C1. The van der Waals surface area contributed by atoms with Crippen LogP contribution >= 0.6 is 0 Å². The van der Waals surface area contributed by atoms with Crippen molar-refractivity contribution < 1.29 is 31.1 Å². The Morgan fingerprint density at radius 2 is 1.82 bits per heavy atom. The Labute approximate surface area is 162 Å². The van der Waals surface area contributed by atoms with Crippen LogP contribution < -0.4 is 9.64 Å². The van der Waals surface area contributed by atoms with Crippen LogP contribution in [0.5, 0.6) is 5.75 Å². The Bertz CT molecular complexity index is 824. The average Bonchev–Trinajstić information content (AvgIpc) is 3.13. The summed E-state index contributed by atoms with van der Waals surface area (Å²) in [7, 11) is -3.26. The molecule has 0 aliphatic carbocycles. The summed E-state index contributed by atoms with van der Waals surface area (Å²) in [6.45, 7) is 4.41. The van der Waals surface area contributed by atoms with Gasteiger partial charge in [0.25, 0.3) is 0 Å². The number of fused-ring (bicyclic) bond motifs is 1. The molecule has 0 spiro atoms. The van der Waals surface area contributed by atoms with Crippen LogP contribution in [-0.2, 0) is 9.84 Å². The number of urea groups is 1. The van der Waals surface area contributed by atoms with Gasteiger partial charge in [0.05, 0.1) is 17.0 Å². The Kier molecular flexibility index (Phi) is 5.53. The van der Waals surface area contributed by atoms with Gasteiger partial charge in [-0.25, -0.2) is 13.2 Å². The first kappa shape index (κ1) is 20.8. The van der Waals surface area contributed by atoms with E-state index >= 15 is 0 Å². The number of hydrogen-bond donors (Lipinski definition) is 0. The molecule has 0 saturated carbocycles. The van der Waals surface area contributed by atoms with Gasteiger partial charge < -0.3 is 9.64 Å². The van der Waals surface area contributed by atoms with Crippen molar-refractivity contribution in [1.29, 1.82) is 0 Å². The van der Waals surface area contributed by atoms with Gasteiger partial charge in [-0.05, 0) is 43.0 Å². The van der Waals surface area contributed by atoms with E-state index < -0.39 is 21.4 Å². The summed E-state index contributed by atoms with van der Waals surface area (Å²) in [5.74, 6) is 0.0474. The number of rotatable bonds is 6. The van der Waals surface area contributed by atoms with Crippen LogP contribution in [-0.4, -0.2) is 55.8 Å². The van der Waals surface area contributed by atoms with Crippen LogP contribution in [0.1, 0.15) is 26.7 Å². The number of hydrogen-bond acceptors (Lipinski definition) is 4. The lowest BCUT2D eigenvalue weighted by Crippen LogP contribution is -2.36. The van der Waals surface area contributed by atoms with E-state index in [9.17, 15) is 26.4 Å². The van der Waals surface area contributed by atoms with Crippen molar-refractivity contribution in [3.8, 4) is 5.75 Å². The zero-order valence-corrected chi connectivity index (χ0v) is 16.5. The second-order valence-electron chi connectivity index (χ2n) is 7.65. The van der Waals surface area contributed by atoms with E-state index in [4.69, 9.17) is 0 Å². The Morgan fingerprint density at radius 3 is 2.36 bits per heavy atom. The zero-order valence-electron chi connectivity index (χ0n) is 15.6. The van der Waals surface area contributed by atoms with Crippen molar-refractivity contribution in [2.24, 2.45) is 5.92 Å². The summed E-state index contributed by atoms with van der Waals surface area (Å²) >= 11 is 0. The fourth-order valence-corrected chi connectivity index (χ4v) is 5.63. The van der Waals surface area contributed by atoms with Crippen molar-refractivity contribution in [3.05, 3.63) is 24.3 Å². The van der Waals surface area contributed by atoms with E-state index in [1.165, 1.54) is 17.0 Å². The highest BCUT2D eigenvalue weighted by Gasteiger charge is 2.48. The smallest absolute Gasteiger partial charge is 0.406 e. The number of anilines is 1. The number of halogens is 3. The van der Waals surface area contributed by atoms with Gasteiger partial charge in [-0.3, -0.25) is 4.90 Å². The van der Waals surface area contributed by atoms with E-state index in [0.29, 0.717) is 25.1 Å². The molecular weight excluding hydrogens is 397 g/mol. The highest BCUT2D eigenvalue weighted by Crippen LogP contribution is 2.34. The number of carbonyl (C=O) groups excluding carboxylic acids is 1. The summed E-state index contributed by atoms with van der Waals surface area (Å²) < 4.78 is 65.6. The number of ether oxygens (including phenoxy) is 1. The maximum atomic E-state index is 12.7. The topological polar surface area (TPSA) is 66.9 Å². The van der Waals surface area contributed by atoms with Crippen molar-refractivity contribution in [2.45, 2.75) is 44.3 Å². The molecule has 0 aromatic heterocycles. The molecule has 2 aliphatic heterocycles. The van der Waals surface area contributed by atoms with Gasteiger partial charge in [0, 0.05) is 18.8 Å². The predicted octanol–water partition coefficient (Wildman–Crippen LogP) is 3.43. The number of carbonyl (C=O) groups is 1. The third-order valence-corrected chi connectivity index (χ3v) is 7.28. The molecule has 10 heteroatoms. The first-order chi connectivity index (χ1) is 13.0. The summed E-state index contributed by atoms with van der Waals surface area (Å²) in [4.78, 5) is 15.7. The molecule has 0 unspecified atom stereocenters. The molecule has 6 nitrogen and oxygen atoms in total. The summed E-state index contributed by atoms with van der Waals surface area (Å²) in [5, 5.41) is -0.551. The van der Waals surface area contributed by atoms with Gasteiger partial charge >= 0.3 is 12.4 Å². The van der Waals surface area contributed by atoms with Crippen LogP contribution in [0, 0.1) is 5.92 Å². The van der Waals surface area contributed by atoms with Crippen LogP contribution in [0.25, 0.3) is 0 Å². The van der Waals surface area contributed by atoms with Gasteiger partial charge in [0.2, 0.25) is 0 Å². The van der Waals surface area contributed by atoms with E-state index in [-0.39, 0.29) is 36.0 Å². The van der Waals surface area contributed by atoms with E-state index in [1.807, 2.05) is 13.8 Å². The highest BCUT2D eigenvalue weighted by atomic mass is 32.2. The van der Waals surface area contributed by atoms with Crippen LogP contribution in [0.4, 0.5) is 23.7 Å². The number of nitrogens with zero attached hydrogens (tertiary/aromatic N) is 2. The fraction of sp³-hybridized carbons (Fsp3) is 0.611. The third-order valence-electron chi connectivity index (χ3n) is 5.12. The molecule has 156 valence electrons. The number of alkyl halides is 3. The van der Waals surface area contributed by atoms with E-state index in [1.54, 1.807) is 4.90 Å². The van der Waals surface area contributed by atoms with Gasteiger partial charge in [-0.2, -0.15) is 0 Å². The quantitative estimate of drug-likeness (QED) is 0.707. The maximum absolute atomic E-state index is 12.7. The molecule has 0 N–H and O–H groups in total. The van der Waals surface area contributed by atoms with Gasteiger partial charge in [-0.15, -0.1) is 13.2 Å². The van der Waals surface area contributed by atoms with Crippen molar-refractivity contribution in [2.75, 3.05) is 23.7 Å². The summed E-state index contributed by atoms with van der Waals surface area (Å²) in [5.41, 5.74) is 0.452. The zero-order chi connectivity index (χ0) is 20.7. The fourth-order valence-electron chi connectivity index (χ4n) is 3.60. The normalized spacial score (nSPS) is 22.9. The Hall–Kier alpha value is -1.97. The number of benzene rings is 1. The lowest BCUT2D eigenvalue weighted by molar-refractivity contribution is -0.274. The predicted molar refractivity (Wildman–Crippen MR) is 98.0 cm³/mol. The van der Waals surface area contributed by atoms with Crippen LogP contribution in [0.2, 0.25) is 0 Å². The molecule has 1 aromatic rings. The van der Waals surface area contributed by atoms with Crippen molar-refractivity contribution in [1.82, 2.24) is 4.90 Å². The second kappa shape index (κ2) is 7.46. The largest absolute Gasteiger partial charge is 0.573 e. The molecule has 2 atom stereocenters. The molecule has 0 radical (unpaired) electrons. The first-order valence-corrected chi connectivity index (χ1v) is 10.8. The minimum Gasteiger partial charge on any atom is -0.406 e. The summed E-state index contributed by atoms with van der Waals surface area (Å²) in [6, 6.07) is 4.54. The monoisotopic (exact) mass is 420 g/mol. The van der Waals surface area contributed by atoms with E-state index in [2.05, 4.69) is 4.74 Å². The van der Waals surface area contributed by atoms with Gasteiger partial charge in [0.1, 0.15) is 5.75 Å². The Morgan fingerprint density at radius 1 is 1.18 bits per heavy atom. The second-order valence-corrected chi connectivity index (χ2v) is 10.0. The molecule has 3 rings (SSSR count). The van der Waals surface area contributed by atoms with Crippen molar-refractivity contribution >= 4 is 21.6 Å². The highest BCUT2D eigenvalue weighted by molar-refractivity contribution is 7.92. The molecule has 0 bridgehead atoms. The van der Waals surface area contributed by atoms with Crippen molar-refractivity contribution in [3.63, 3.8) is 0 Å². The molecular formula is C18H23F3N2O4S. The molecule has 28 heavy (non-hydrogen) atoms. The summed E-state index contributed by atoms with van der Waals surface area (Å²) in [6.07, 6.45) is -3.79. The van der Waals surface area contributed by atoms with Gasteiger partial charge in [0.15, 0.2) is 9.84 Å². The molecule has 1 aromatic carbocycles. The lowest BCUT2D eigenvalue weighted by atomic mass is 10.2. The van der Waals surface area contributed by atoms with E-state index in [0.717, 1.165) is 12.1 Å². The lowest BCUT2D eigenvalue weighted by Gasteiger charge is -2.20. The molecule has 2 heterocycles. The van der Waals surface area contributed by atoms with Crippen LogP contribution in [0.15, 0.2) is 24.3 Å². The molecule has 2 fully saturated rings. The van der Waals surface area contributed by atoms with Crippen LogP contribution in [0.3, 0.4) is 0 Å². The number of sulfone groups is 1. The maximum Gasteiger partial charge on any atom is 0.573 e. The Balaban J connectivity index is 1.64. The minimum atomic E-state index is -4.77. The molecule has 2 amide bonds. The average molecular weight is 420 g/mol. The molecule has 2 aliphatic rings. The minimum absolute atomic E-state index is 0.120. The third kappa shape index (κ3) is 4.53. The first-order valence-electron chi connectivity index (χ1n) is 9.12. The standard InChI is InChI=1S/C18H23F3N2O4S/c1-12(2)7-8-28(25,26)16-9-14-10-22(17(24)23(14)11-16)13-3-5-15(6-4-13)27-18(19,20)21/h3-6,12,14,16H,7-11H2,1-2H3/t14-,16+/m0/s1. The molecule has 2 saturated heterocycles.